The number of hydrogen-bond acceptors (Lipinski definition) is 5. The second-order valence-electron chi connectivity index (χ2n) is 9.41. The van der Waals surface area contributed by atoms with Gasteiger partial charge in [0.15, 0.2) is 11.6 Å². The molecule has 3 aromatic rings. The highest BCUT2D eigenvalue weighted by molar-refractivity contribution is 6.31. The number of benzene rings is 3. The molecule has 3 heterocycles. The lowest BCUT2D eigenvalue weighted by atomic mass is 9.64. The molecule has 0 saturated carbocycles. The molecule has 0 radical (unpaired) electrons. The molecule has 180 valence electrons. The molecule has 0 aliphatic carbocycles. The molecule has 36 heavy (non-hydrogen) atoms. The third kappa shape index (κ3) is 2.94. The molecule has 0 bridgehead atoms. The van der Waals surface area contributed by atoms with Crippen LogP contribution in [-0.4, -0.2) is 36.7 Å². The average Bonchev–Trinajstić information content (AvgIpc) is 3.36. The fraction of sp³-hybridized carbons (Fsp3) is 0.207. The maximum atomic E-state index is 14.4. The molecule has 0 aromatic heterocycles. The van der Waals surface area contributed by atoms with E-state index >= 15 is 0 Å². The number of para-hydroxylation sites is 1. The van der Waals surface area contributed by atoms with Crippen molar-refractivity contribution in [2.45, 2.75) is 24.4 Å². The summed E-state index contributed by atoms with van der Waals surface area (Å²) in [5.41, 5.74) is 2.07. The summed E-state index contributed by atoms with van der Waals surface area (Å²) >= 11 is 6.27. The minimum atomic E-state index is -1.30. The highest BCUT2D eigenvalue weighted by Crippen LogP contribution is 2.57. The number of hydrogen-bond donors (Lipinski definition) is 1. The zero-order valence-electron chi connectivity index (χ0n) is 19.7. The van der Waals surface area contributed by atoms with Crippen LogP contribution in [-0.2, 0) is 15.0 Å². The van der Waals surface area contributed by atoms with Crippen LogP contribution in [0.2, 0.25) is 5.02 Å². The number of nitrogens with zero attached hydrogens (tertiary/aromatic N) is 1. The van der Waals surface area contributed by atoms with E-state index in [0.717, 1.165) is 16.8 Å². The van der Waals surface area contributed by atoms with Gasteiger partial charge in [-0.05, 0) is 54.4 Å². The van der Waals surface area contributed by atoms with Crippen molar-refractivity contribution in [2.75, 3.05) is 17.3 Å². The molecule has 0 unspecified atom stereocenters. The SMILES string of the molecule is COc1cccc(C(=O)[C@H]2[C@@H](C(C)=O)N3c4ccc(Cl)cc4C=C[C@H]3[C@@]23C(=O)Nc2ccccc23)c1. The molecule has 1 fully saturated rings. The molecular formula is C29H23ClN2O4. The number of ketones is 2. The van der Waals surface area contributed by atoms with Crippen molar-refractivity contribution in [3.05, 3.63) is 94.5 Å². The quantitative estimate of drug-likeness (QED) is 0.517. The summed E-state index contributed by atoms with van der Waals surface area (Å²) in [6.45, 7) is 1.49. The first-order chi connectivity index (χ1) is 17.4. The van der Waals surface area contributed by atoms with Crippen molar-refractivity contribution in [1.29, 1.82) is 0 Å². The van der Waals surface area contributed by atoms with E-state index in [-0.39, 0.29) is 17.5 Å². The van der Waals surface area contributed by atoms with Crippen LogP contribution in [0.5, 0.6) is 5.75 Å². The Morgan fingerprint density at radius 1 is 1.06 bits per heavy atom. The molecule has 1 amide bonds. The molecule has 3 aliphatic heterocycles. The lowest BCUT2D eigenvalue weighted by molar-refractivity contribution is -0.122. The number of methoxy groups -OCH3 is 1. The molecule has 6 rings (SSSR count). The summed E-state index contributed by atoms with van der Waals surface area (Å²) in [6, 6.07) is 18.3. The van der Waals surface area contributed by atoms with Gasteiger partial charge < -0.3 is 15.0 Å². The van der Waals surface area contributed by atoms with Gasteiger partial charge in [0.2, 0.25) is 5.91 Å². The van der Waals surface area contributed by atoms with Gasteiger partial charge in [0.1, 0.15) is 11.2 Å². The monoisotopic (exact) mass is 498 g/mol. The largest absolute Gasteiger partial charge is 0.497 e. The second-order valence-corrected chi connectivity index (χ2v) is 9.85. The van der Waals surface area contributed by atoms with Crippen LogP contribution >= 0.6 is 11.6 Å². The summed E-state index contributed by atoms with van der Waals surface area (Å²) in [7, 11) is 1.53. The molecule has 4 atom stereocenters. The Morgan fingerprint density at radius 3 is 2.64 bits per heavy atom. The summed E-state index contributed by atoms with van der Waals surface area (Å²) in [6.07, 6.45) is 3.85. The molecule has 1 saturated heterocycles. The number of anilines is 2. The van der Waals surface area contributed by atoms with Gasteiger partial charge in [0.25, 0.3) is 0 Å². The first-order valence-corrected chi connectivity index (χ1v) is 12.1. The maximum absolute atomic E-state index is 14.4. The number of carbonyl (C=O) groups is 3. The van der Waals surface area contributed by atoms with Gasteiger partial charge in [-0.3, -0.25) is 14.4 Å². The number of nitrogens with one attached hydrogen (secondary N) is 1. The van der Waals surface area contributed by atoms with Crippen LogP contribution in [0.4, 0.5) is 11.4 Å². The number of ether oxygens (including phenoxy) is 1. The minimum Gasteiger partial charge on any atom is -0.497 e. The molecular weight excluding hydrogens is 476 g/mol. The van der Waals surface area contributed by atoms with E-state index in [1.54, 1.807) is 30.3 Å². The molecule has 1 N–H and O–H groups in total. The topological polar surface area (TPSA) is 75.7 Å². The van der Waals surface area contributed by atoms with Crippen LogP contribution in [0.25, 0.3) is 6.08 Å². The van der Waals surface area contributed by atoms with E-state index < -0.39 is 23.4 Å². The highest BCUT2D eigenvalue weighted by Gasteiger charge is 2.69. The van der Waals surface area contributed by atoms with Crippen LogP contribution in [0.1, 0.15) is 28.4 Å². The zero-order valence-corrected chi connectivity index (χ0v) is 20.5. The van der Waals surface area contributed by atoms with E-state index in [9.17, 15) is 14.4 Å². The summed E-state index contributed by atoms with van der Waals surface area (Å²) < 4.78 is 5.36. The summed E-state index contributed by atoms with van der Waals surface area (Å²) in [5.74, 6) is -1.19. The first kappa shape index (κ1) is 22.6. The number of amides is 1. The van der Waals surface area contributed by atoms with Crippen molar-refractivity contribution < 1.29 is 19.1 Å². The number of halogens is 1. The van der Waals surface area contributed by atoms with Crippen molar-refractivity contribution in [3.63, 3.8) is 0 Å². The van der Waals surface area contributed by atoms with Crippen LogP contribution in [0.3, 0.4) is 0 Å². The van der Waals surface area contributed by atoms with Crippen molar-refractivity contribution in [2.24, 2.45) is 5.92 Å². The zero-order chi connectivity index (χ0) is 25.2. The lowest BCUT2D eigenvalue weighted by Gasteiger charge is -2.37. The number of carbonyl (C=O) groups excluding carboxylic acids is 3. The van der Waals surface area contributed by atoms with Gasteiger partial charge >= 0.3 is 0 Å². The Morgan fingerprint density at radius 2 is 1.86 bits per heavy atom. The van der Waals surface area contributed by atoms with Crippen molar-refractivity contribution in [3.8, 4) is 5.75 Å². The predicted octanol–water partition coefficient (Wildman–Crippen LogP) is 4.91. The van der Waals surface area contributed by atoms with E-state index in [4.69, 9.17) is 16.3 Å². The molecule has 1 spiro atoms. The van der Waals surface area contributed by atoms with Gasteiger partial charge in [0.05, 0.1) is 25.1 Å². The Labute approximate surface area is 213 Å². The standard InChI is InChI=1S/C29H23ClN2O4/c1-16(33)26-25(27(34)18-6-5-7-20(15-18)36-2)29(21-8-3-4-9-22(21)31-28(29)35)24-13-10-17-14-19(30)11-12-23(17)32(24)26/h3-15,24-26H,1-2H3,(H,31,35)/t24-,25+,26+,29+/m0/s1. The molecule has 3 aromatic carbocycles. The number of rotatable bonds is 4. The third-order valence-corrected chi connectivity index (χ3v) is 7.88. The Kier molecular flexibility index (Phi) is 5.05. The normalized spacial score (nSPS) is 25.2. The fourth-order valence-corrected chi connectivity index (χ4v) is 6.44. The van der Waals surface area contributed by atoms with Gasteiger partial charge in [-0.15, -0.1) is 0 Å². The minimum absolute atomic E-state index is 0.188. The van der Waals surface area contributed by atoms with Gasteiger partial charge in [-0.25, -0.2) is 0 Å². The van der Waals surface area contributed by atoms with E-state index in [0.29, 0.717) is 22.0 Å². The van der Waals surface area contributed by atoms with Crippen molar-refractivity contribution >= 4 is 46.5 Å². The van der Waals surface area contributed by atoms with Crippen LogP contribution in [0, 0.1) is 5.92 Å². The fourth-order valence-electron chi connectivity index (χ4n) is 6.26. The van der Waals surface area contributed by atoms with Crippen molar-refractivity contribution in [1.82, 2.24) is 0 Å². The lowest BCUT2D eigenvalue weighted by Crippen LogP contribution is -2.51. The maximum Gasteiger partial charge on any atom is 0.238 e. The first-order valence-electron chi connectivity index (χ1n) is 11.7. The Hall–Kier alpha value is -3.90. The summed E-state index contributed by atoms with van der Waals surface area (Å²) in [4.78, 5) is 43.8. The molecule has 3 aliphatic rings. The van der Waals surface area contributed by atoms with E-state index in [2.05, 4.69) is 5.32 Å². The van der Waals surface area contributed by atoms with Crippen LogP contribution in [0.15, 0.2) is 72.8 Å². The van der Waals surface area contributed by atoms with Gasteiger partial charge in [0, 0.05) is 22.0 Å². The third-order valence-electron chi connectivity index (χ3n) is 7.65. The number of Topliss-reactive ketones (excluding diaryl/α,β-unsaturated/α-hetero) is 2. The number of fused-ring (bicyclic) bond motifs is 6. The second kappa shape index (κ2) is 8.07. The average molecular weight is 499 g/mol. The Balaban J connectivity index is 1.65. The molecule has 6 nitrogen and oxygen atoms in total. The van der Waals surface area contributed by atoms with Crippen LogP contribution < -0.4 is 15.0 Å². The highest BCUT2D eigenvalue weighted by atomic mass is 35.5. The molecule has 7 heteroatoms. The van der Waals surface area contributed by atoms with E-state index in [1.165, 1.54) is 14.0 Å². The van der Waals surface area contributed by atoms with Gasteiger partial charge in [-0.2, -0.15) is 0 Å². The smallest absolute Gasteiger partial charge is 0.238 e. The predicted molar refractivity (Wildman–Crippen MR) is 139 cm³/mol. The van der Waals surface area contributed by atoms with E-state index in [1.807, 2.05) is 53.5 Å². The Bertz CT molecular complexity index is 1480. The summed E-state index contributed by atoms with van der Waals surface area (Å²) in [5, 5.41) is 3.57. The van der Waals surface area contributed by atoms with Gasteiger partial charge in [-0.1, -0.05) is 54.1 Å².